The van der Waals surface area contributed by atoms with E-state index in [4.69, 9.17) is 34.1 Å². The number of fused-ring (bicyclic) bond motifs is 1. The van der Waals surface area contributed by atoms with Gasteiger partial charge in [0.1, 0.15) is 5.76 Å². The molecule has 3 heterocycles. The first-order chi connectivity index (χ1) is 17.7. The van der Waals surface area contributed by atoms with Crippen LogP contribution >= 0.6 is 0 Å². The fourth-order valence-electron chi connectivity index (χ4n) is 3.43. The van der Waals surface area contributed by atoms with E-state index in [0.717, 1.165) is 50.0 Å². The van der Waals surface area contributed by atoms with Crippen molar-refractivity contribution in [3.05, 3.63) is 53.8 Å². The van der Waals surface area contributed by atoms with Gasteiger partial charge in [0.05, 0.1) is 31.7 Å². The Bertz CT molecular complexity index is 1040. The maximum atomic E-state index is 10.6. The summed E-state index contributed by atoms with van der Waals surface area (Å²) in [5.74, 6) is -3.66. The van der Waals surface area contributed by atoms with Gasteiger partial charge in [0.25, 0.3) is 0 Å². The normalized spacial score (nSPS) is 15.4. The fourth-order valence-corrected chi connectivity index (χ4v) is 3.43. The summed E-state index contributed by atoms with van der Waals surface area (Å²) in [5, 5.41) is 19.1. The quantitative estimate of drug-likeness (QED) is 0.280. The molecule has 0 bridgehead atoms. The van der Waals surface area contributed by atoms with Gasteiger partial charge >= 0.3 is 24.3 Å². The van der Waals surface area contributed by atoms with Gasteiger partial charge in [-0.1, -0.05) is 6.08 Å². The first-order valence-electron chi connectivity index (χ1n) is 11.3. The molecular weight excluding hydrogens is 528 g/mol. The Kier molecular flexibility index (Phi) is 10.9. The second kappa shape index (κ2) is 13.5. The number of rotatable bonds is 8. The number of carbonyl (C=O) groups is 2. The average molecular weight is 555 g/mol. The zero-order valence-corrected chi connectivity index (χ0v) is 20.1. The number of nitrogens with zero attached hydrogens (tertiary/aromatic N) is 3. The third-order valence-electron chi connectivity index (χ3n) is 5.34. The van der Waals surface area contributed by atoms with E-state index in [2.05, 4.69) is 16.2 Å². The lowest BCUT2D eigenvalue weighted by Crippen LogP contribution is -2.31. The summed E-state index contributed by atoms with van der Waals surface area (Å²) < 4.78 is 76.9. The molecule has 1 aliphatic heterocycles. The van der Waals surface area contributed by atoms with E-state index in [0.29, 0.717) is 13.2 Å². The standard InChI is InChI=1S/C19H25N3O2.2C2HF3O2/c1-2-9-23-14-18-17-13-21(12-16-4-3-10-24-16)8-7-19(17)22(20-18)11-15-5-6-15;2*3-2(4,5)1(6)7/h2-4,10,15H,1,5-9,11-14H2;2*(H,6,7). The predicted octanol–water partition coefficient (Wildman–Crippen LogP) is 4.41. The number of aliphatic carboxylic acids is 2. The first kappa shape index (κ1) is 30.9. The van der Waals surface area contributed by atoms with E-state index >= 15 is 0 Å². The molecule has 15 heteroatoms. The third-order valence-corrected chi connectivity index (χ3v) is 5.34. The second-order valence-corrected chi connectivity index (χ2v) is 8.45. The Labute approximate surface area is 213 Å². The van der Waals surface area contributed by atoms with Gasteiger partial charge < -0.3 is 19.4 Å². The summed E-state index contributed by atoms with van der Waals surface area (Å²) in [6, 6.07) is 3.99. The molecule has 0 unspecified atom stereocenters. The smallest absolute Gasteiger partial charge is 0.475 e. The summed E-state index contributed by atoms with van der Waals surface area (Å²) in [6.45, 7) is 8.76. The van der Waals surface area contributed by atoms with Crippen molar-refractivity contribution in [3.8, 4) is 0 Å². The van der Waals surface area contributed by atoms with Crippen molar-refractivity contribution >= 4 is 11.9 Å². The molecule has 0 spiro atoms. The number of carboxylic acids is 2. The number of hydrogen-bond acceptors (Lipinski definition) is 6. The molecule has 1 saturated carbocycles. The van der Waals surface area contributed by atoms with E-state index in [-0.39, 0.29) is 0 Å². The van der Waals surface area contributed by atoms with Crippen molar-refractivity contribution < 1.29 is 55.3 Å². The van der Waals surface area contributed by atoms with Crippen molar-refractivity contribution in [2.24, 2.45) is 5.92 Å². The van der Waals surface area contributed by atoms with Crippen LogP contribution in [-0.4, -0.2) is 62.3 Å². The van der Waals surface area contributed by atoms with Crippen LogP contribution in [0.4, 0.5) is 26.3 Å². The molecule has 1 aliphatic carbocycles. The van der Waals surface area contributed by atoms with Gasteiger partial charge in [0.15, 0.2) is 0 Å². The lowest BCUT2D eigenvalue weighted by Gasteiger charge is -2.27. The zero-order valence-electron chi connectivity index (χ0n) is 20.1. The van der Waals surface area contributed by atoms with Crippen molar-refractivity contribution in [3.63, 3.8) is 0 Å². The van der Waals surface area contributed by atoms with Crippen molar-refractivity contribution in [1.82, 2.24) is 14.7 Å². The lowest BCUT2D eigenvalue weighted by molar-refractivity contribution is -0.193. The number of furan rings is 1. The summed E-state index contributed by atoms with van der Waals surface area (Å²) in [4.78, 5) is 20.2. The highest BCUT2D eigenvalue weighted by molar-refractivity contribution is 5.73. The molecule has 9 nitrogen and oxygen atoms in total. The largest absolute Gasteiger partial charge is 0.490 e. The Morgan fingerprint density at radius 1 is 1.16 bits per heavy atom. The summed E-state index contributed by atoms with van der Waals surface area (Å²) >= 11 is 0. The Morgan fingerprint density at radius 3 is 2.24 bits per heavy atom. The minimum absolute atomic E-state index is 0.570. The molecule has 2 aromatic rings. The van der Waals surface area contributed by atoms with Crippen LogP contribution < -0.4 is 0 Å². The van der Waals surface area contributed by atoms with Gasteiger partial charge in [0, 0.05) is 37.3 Å². The number of aromatic nitrogens is 2. The van der Waals surface area contributed by atoms with Crippen LogP contribution in [0, 0.1) is 5.92 Å². The molecule has 0 saturated heterocycles. The highest BCUT2D eigenvalue weighted by Gasteiger charge is 2.39. The van der Waals surface area contributed by atoms with E-state index in [1.165, 1.54) is 24.1 Å². The Balaban J connectivity index is 0.000000301. The number of alkyl halides is 6. The zero-order chi connectivity index (χ0) is 28.5. The number of halogens is 6. The first-order valence-corrected chi connectivity index (χ1v) is 11.3. The summed E-state index contributed by atoms with van der Waals surface area (Å²) in [7, 11) is 0. The fraction of sp³-hybridized carbons (Fsp3) is 0.522. The van der Waals surface area contributed by atoms with Gasteiger partial charge in [-0.3, -0.25) is 9.58 Å². The van der Waals surface area contributed by atoms with Crippen molar-refractivity contribution in [2.75, 3.05) is 13.2 Å². The van der Waals surface area contributed by atoms with Crippen LogP contribution in [0.2, 0.25) is 0 Å². The van der Waals surface area contributed by atoms with Gasteiger partial charge in [-0.25, -0.2) is 9.59 Å². The van der Waals surface area contributed by atoms with E-state index in [1.807, 2.05) is 12.1 Å². The molecular formula is C23H27F6N3O6. The SMILES string of the molecule is C=CCOCc1nn(CC2CC2)c2c1CN(Cc1ccco1)CC2.O=C(O)C(F)(F)F.O=C(O)C(F)(F)F. The van der Waals surface area contributed by atoms with Crippen LogP contribution in [0.1, 0.15) is 35.6 Å². The van der Waals surface area contributed by atoms with Gasteiger partial charge in [-0.2, -0.15) is 31.4 Å². The monoisotopic (exact) mass is 555 g/mol. The van der Waals surface area contributed by atoms with E-state index < -0.39 is 24.3 Å². The minimum atomic E-state index is -5.08. The molecule has 2 aliphatic rings. The minimum Gasteiger partial charge on any atom is -0.475 e. The lowest BCUT2D eigenvalue weighted by atomic mass is 10.0. The second-order valence-electron chi connectivity index (χ2n) is 8.45. The Morgan fingerprint density at radius 2 is 1.76 bits per heavy atom. The molecule has 2 aromatic heterocycles. The molecule has 0 amide bonds. The van der Waals surface area contributed by atoms with Crippen LogP contribution in [0.25, 0.3) is 0 Å². The average Bonchev–Trinajstić information content (AvgIpc) is 3.37. The number of carboxylic acid groups (broad SMARTS) is 2. The summed E-state index contributed by atoms with van der Waals surface area (Å²) in [5.41, 5.74) is 3.86. The maximum Gasteiger partial charge on any atom is 0.490 e. The van der Waals surface area contributed by atoms with Crippen LogP contribution in [0.3, 0.4) is 0 Å². The van der Waals surface area contributed by atoms with Crippen molar-refractivity contribution in [1.29, 1.82) is 0 Å². The van der Waals surface area contributed by atoms with E-state index in [1.54, 1.807) is 12.3 Å². The van der Waals surface area contributed by atoms with Gasteiger partial charge in [0.2, 0.25) is 0 Å². The molecule has 38 heavy (non-hydrogen) atoms. The molecule has 0 radical (unpaired) electrons. The van der Waals surface area contributed by atoms with Crippen LogP contribution in [-0.2, 0) is 47.0 Å². The molecule has 0 aromatic carbocycles. The molecule has 4 rings (SSSR count). The predicted molar refractivity (Wildman–Crippen MR) is 119 cm³/mol. The van der Waals surface area contributed by atoms with Gasteiger partial charge in [-0.05, 0) is 30.9 Å². The van der Waals surface area contributed by atoms with Crippen LogP contribution in [0.15, 0.2) is 35.5 Å². The highest BCUT2D eigenvalue weighted by atomic mass is 19.4. The maximum absolute atomic E-state index is 10.6. The summed E-state index contributed by atoms with van der Waals surface area (Å²) in [6.07, 6.45) is -2.88. The van der Waals surface area contributed by atoms with E-state index in [9.17, 15) is 26.3 Å². The van der Waals surface area contributed by atoms with Crippen molar-refractivity contribution in [2.45, 2.75) is 57.9 Å². The molecule has 2 N–H and O–H groups in total. The number of hydrogen-bond donors (Lipinski definition) is 2. The number of ether oxygens (including phenoxy) is 1. The highest BCUT2D eigenvalue weighted by Crippen LogP contribution is 2.33. The molecule has 0 atom stereocenters. The van der Waals surface area contributed by atoms with Crippen LogP contribution in [0.5, 0.6) is 0 Å². The third kappa shape index (κ3) is 10.2. The molecule has 212 valence electrons. The topological polar surface area (TPSA) is 118 Å². The molecule has 1 fully saturated rings. The van der Waals surface area contributed by atoms with Gasteiger partial charge in [-0.15, -0.1) is 6.58 Å². The Hall–Kier alpha value is -3.33.